The van der Waals surface area contributed by atoms with E-state index in [1.54, 1.807) is 12.1 Å². The van der Waals surface area contributed by atoms with Crippen molar-refractivity contribution < 1.29 is 18.3 Å². The second kappa shape index (κ2) is 4.61. The van der Waals surface area contributed by atoms with Gasteiger partial charge in [0.05, 0.1) is 17.1 Å². The molecule has 1 amide bonds. The molecule has 1 atom stereocenters. The summed E-state index contributed by atoms with van der Waals surface area (Å²) in [5, 5.41) is 12.2. The summed E-state index contributed by atoms with van der Waals surface area (Å²) < 4.78 is 22.6. The van der Waals surface area contributed by atoms with Crippen LogP contribution in [0, 0.1) is 6.92 Å². The van der Waals surface area contributed by atoms with E-state index in [9.17, 15) is 18.3 Å². The van der Waals surface area contributed by atoms with Crippen LogP contribution in [-0.4, -0.2) is 37.0 Å². The molecule has 1 heterocycles. The second-order valence-electron chi connectivity index (χ2n) is 4.59. The first-order chi connectivity index (χ1) is 8.37. The van der Waals surface area contributed by atoms with E-state index in [-0.39, 0.29) is 28.9 Å². The molecule has 0 aliphatic carbocycles. The zero-order chi connectivity index (χ0) is 13.3. The predicted molar refractivity (Wildman–Crippen MR) is 67.4 cm³/mol. The van der Waals surface area contributed by atoms with Gasteiger partial charge in [-0.2, -0.15) is 0 Å². The third-order valence-corrected chi connectivity index (χ3v) is 4.73. The summed E-state index contributed by atoms with van der Waals surface area (Å²) in [6.07, 6.45) is 0.431. The van der Waals surface area contributed by atoms with Gasteiger partial charge in [0.15, 0.2) is 9.84 Å². The molecule has 2 rings (SSSR count). The van der Waals surface area contributed by atoms with E-state index in [0.29, 0.717) is 6.42 Å². The Morgan fingerprint density at radius 1 is 1.44 bits per heavy atom. The Morgan fingerprint density at radius 3 is 2.78 bits per heavy atom. The van der Waals surface area contributed by atoms with Crippen molar-refractivity contribution in [2.75, 3.05) is 11.5 Å². The molecule has 5 nitrogen and oxygen atoms in total. The summed E-state index contributed by atoms with van der Waals surface area (Å²) in [5.41, 5.74) is 1.04. The van der Waals surface area contributed by atoms with Crippen molar-refractivity contribution in [1.29, 1.82) is 0 Å². The van der Waals surface area contributed by atoms with E-state index in [1.165, 1.54) is 6.07 Å². The number of hydrogen-bond acceptors (Lipinski definition) is 4. The van der Waals surface area contributed by atoms with E-state index in [0.717, 1.165) is 5.56 Å². The summed E-state index contributed by atoms with van der Waals surface area (Å²) in [6, 6.07) is 4.37. The second-order valence-corrected chi connectivity index (χ2v) is 6.82. The lowest BCUT2D eigenvalue weighted by molar-refractivity contribution is 0.0938. The molecular weight excluding hydrogens is 254 g/mol. The van der Waals surface area contributed by atoms with Gasteiger partial charge >= 0.3 is 0 Å². The molecule has 0 bridgehead atoms. The topological polar surface area (TPSA) is 83.5 Å². The zero-order valence-corrected chi connectivity index (χ0v) is 10.8. The Bertz CT molecular complexity index is 580. The maximum Gasteiger partial charge on any atom is 0.255 e. The molecule has 1 aliphatic rings. The minimum Gasteiger partial charge on any atom is -0.507 e. The highest BCUT2D eigenvalue weighted by Crippen LogP contribution is 2.19. The number of aryl methyl sites for hydroxylation is 1. The van der Waals surface area contributed by atoms with Crippen LogP contribution in [0.25, 0.3) is 0 Å². The highest BCUT2D eigenvalue weighted by Gasteiger charge is 2.29. The lowest BCUT2D eigenvalue weighted by Crippen LogP contribution is -2.35. The fourth-order valence-corrected chi connectivity index (χ4v) is 3.68. The minimum absolute atomic E-state index is 0.0225. The van der Waals surface area contributed by atoms with Gasteiger partial charge in [0.2, 0.25) is 0 Å². The van der Waals surface area contributed by atoms with Crippen LogP contribution in [0.4, 0.5) is 0 Å². The van der Waals surface area contributed by atoms with Gasteiger partial charge in [0.1, 0.15) is 5.75 Å². The Labute approximate surface area is 106 Å². The number of phenols is 1. The molecular formula is C12H15NO4S. The van der Waals surface area contributed by atoms with Gasteiger partial charge in [0, 0.05) is 6.04 Å². The molecule has 6 heteroatoms. The van der Waals surface area contributed by atoms with Gasteiger partial charge in [-0.15, -0.1) is 0 Å². The first kappa shape index (κ1) is 12.9. The molecule has 18 heavy (non-hydrogen) atoms. The number of aromatic hydroxyl groups is 1. The van der Waals surface area contributed by atoms with Gasteiger partial charge in [0.25, 0.3) is 5.91 Å². The number of carbonyl (C=O) groups is 1. The van der Waals surface area contributed by atoms with Crippen molar-refractivity contribution in [3.8, 4) is 5.75 Å². The van der Waals surface area contributed by atoms with Crippen molar-refractivity contribution in [2.24, 2.45) is 0 Å². The van der Waals surface area contributed by atoms with Crippen LogP contribution in [0.1, 0.15) is 22.3 Å². The summed E-state index contributed by atoms with van der Waals surface area (Å²) in [5.74, 6) is -0.444. The molecule has 1 aliphatic heterocycles. The first-order valence-electron chi connectivity index (χ1n) is 5.68. The number of phenolic OH excluding ortho intramolecular Hbond substituents is 1. The third-order valence-electron chi connectivity index (χ3n) is 2.96. The maximum absolute atomic E-state index is 11.9. The van der Waals surface area contributed by atoms with E-state index in [2.05, 4.69) is 5.32 Å². The first-order valence-corrected chi connectivity index (χ1v) is 7.50. The average Bonchev–Trinajstić information content (AvgIpc) is 2.61. The molecule has 0 radical (unpaired) electrons. The average molecular weight is 269 g/mol. The highest BCUT2D eigenvalue weighted by molar-refractivity contribution is 7.91. The fraction of sp³-hybridized carbons (Fsp3) is 0.417. The fourth-order valence-electron chi connectivity index (χ4n) is 2.00. The quantitative estimate of drug-likeness (QED) is 0.824. The Morgan fingerprint density at radius 2 is 2.17 bits per heavy atom. The predicted octanol–water partition coefficient (Wildman–Crippen LogP) is 0.618. The van der Waals surface area contributed by atoms with Gasteiger partial charge in [-0.25, -0.2) is 8.42 Å². The van der Waals surface area contributed by atoms with Crippen molar-refractivity contribution in [1.82, 2.24) is 5.32 Å². The Hall–Kier alpha value is -1.56. The van der Waals surface area contributed by atoms with Crippen LogP contribution in [0.2, 0.25) is 0 Å². The van der Waals surface area contributed by atoms with Crippen LogP contribution >= 0.6 is 0 Å². The smallest absolute Gasteiger partial charge is 0.255 e. The largest absolute Gasteiger partial charge is 0.507 e. The lowest BCUT2D eigenvalue weighted by Gasteiger charge is -2.12. The van der Waals surface area contributed by atoms with Crippen LogP contribution < -0.4 is 5.32 Å². The lowest BCUT2D eigenvalue weighted by atomic mass is 10.1. The molecule has 1 fully saturated rings. The zero-order valence-electron chi connectivity index (χ0n) is 10.0. The highest BCUT2D eigenvalue weighted by atomic mass is 32.2. The molecule has 98 valence electrons. The maximum atomic E-state index is 11.9. The molecule has 0 aromatic heterocycles. The summed E-state index contributed by atoms with van der Waals surface area (Å²) in [4.78, 5) is 11.9. The van der Waals surface area contributed by atoms with Crippen molar-refractivity contribution >= 4 is 15.7 Å². The Balaban J connectivity index is 2.11. The normalized spacial score (nSPS) is 21.7. The molecule has 0 spiro atoms. The number of hydrogen-bond donors (Lipinski definition) is 2. The summed E-state index contributed by atoms with van der Waals surface area (Å²) >= 11 is 0. The third kappa shape index (κ3) is 2.81. The van der Waals surface area contributed by atoms with Crippen LogP contribution in [-0.2, 0) is 9.84 Å². The number of carbonyl (C=O) groups excluding carboxylic acids is 1. The van der Waals surface area contributed by atoms with E-state index < -0.39 is 15.7 Å². The van der Waals surface area contributed by atoms with Gasteiger partial charge < -0.3 is 10.4 Å². The minimum atomic E-state index is -3.02. The van der Waals surface area contributed by atoms with Crippen LogP contribution in [0.5, 0.6) is 5.75 Å². The summed E-state index contributed by atoms with van der Waals surface area (Å²) in [7, 11) is -3.02. The number of benzene rings is 1. The number of nitrogens with one attached hydrogen (secondary N) is 1. The SMILES string of the molecule is Cc1ccc(O)c(C(=O)NC2CCS(=O)(=O)C2)c1. The molecule has 1 saturated heterocycles. The van der Waals surface area contributed by atoms with Crippen molar-refractivity contribution in [3.05, 3.63) is 29.3 Å². The molecule has 2 N–H and O–H groups in total. The molecule has 1 aromatic carbocycles. The van der Waals surface area contributed by atoms with Gasteiger partial charge in [-0.3, -0.25) is 4.79 Å². The van der Waals surface area contributed by atoms with Crippen LogP contribution in [0.15, 0.2) is 18.2 Å². The van der Waals surface area contributed by atoms with Crippen molar-refractivity contribution in [2.45, 2.75) is 19.4 Å². The van der Waals surface area contributed by atoms with Gasteiger partial charge in [-0.05, 0) is 25.5 Å². The van der Waals surface area contributed by atoms with Crippen molar-refractivity contribution in [3.63, 3.8) is 0 Å². The molecule has 1 unspecified atom stereocenters. The van der Waals surface area contributed by atoms with E-state index in [1.807, 2.05) is 6.92 Å². The van der Waals surface area contributed by atoms with E-state index >= 15 is 0 Å². The molecule has 1 aromatic rings. The standard InChI is InChI=1S/C12H15NO4S/c1-8-2-3-11(14)10(6-8)12(15)13-9-4-5-18(16,17)7-9/h2-3,6,9,14H,4-5,7H2,1H3,(H,13,15). The molecule has 0 saturated carbocycles. The Kier molecular flexibility index (Phi) is 3.30. The number of sulfone groups is 1. The number of rotatable bonds is 2. The van der Waals surface area contributed by atoms with E-state index in [4.69, 9.17) is 0 Å². The monoisotopic (exact) mass is 269 g/mol. The summed E-state index contributed by atoms with van der Waals surface area (Å²) in [6.45, 7) is 1.82. The van der Waals surface area contributed by atoms with Crippen LogP contribution in [0.3, 0.4) is 0 Å². The van der Waals surface area contributed by atoms with Gasteiger partial charge in [-0.1, -0.05) is 11.6 Å². The number of amides is 1.